The van der Waals surface area contributed by atoms with Gasteiger partial charge in [0, 0.05) is 0 Å². The first-order valence-electron chi connectivity index (χ1n) is 2.90. The first-order valence-corrected chi connectivity index (χ1v) is 4.13. The van der Waals surface area contributed by atoms with Gasteiger partial charge in [-0.3, -0.25) is 0 Å². The van der Waals surface area contributed by atoms with E-state index in [2.05, 4.69) is 0 Å². The molecule has 0 amide bonds. The van der Waals surface area contributed by atoms with Gasteiger partial charge in [0.2, 0.25) is 0 Å². The zero-order valence-electron chi connectivity index (χ0n) is 6.16. The van der Waals surface area contributed by atoms with Gasteiger partial charge in [-0.1, -0.05) is 0 Å². The molecule has 1 atom stereocenters. The summed E-state index contributed by atoms with van der Waals surface area (Å²) in [5.41, 5.74) is 0. The van der Waals surface area contributed by atoms with Gasteiger partial charge in [-0.2, -0.15) is 0 Å². The van der Waals surface area contributed by atoms with Crippen molar-refractivity contribution in [2.45, 2.75) is 16.0 Å². The van der Waals surface area contributed by atoms with Gasteiger partial charge in [0.25, 0.3) is 0 Å². The van der Waals surface area contributed by atoms with Crippen molar-refractivity contribution in [3.63, 3.8) is 0 Å². The molecule has 0 saturated carbocycles. The van der Waals surface area contributed by atoms with Crippen molar-refractivity contribution in [2.75, 3.05) is 0 Å². The van der Waals surface area contributed by atoms with Crippen LogP contribution in [0.3, 0.4) is 0 Å². The molecule has 2 nitrogen and oxygen atoms in total. The Morgan fingerprint density at radius 1 is 1.00 bits per heavy atom. The summed E-state index contributed by atoms with van der Waals surface area (Å²) in [6.45, 7) is 0. The molecule has 0 spiro atoms. The molecule has 0 heterocycles. The Morgan fingerprint density at radius 3 is 1.57 bits per heavy atom. The second-order valence-corrected chi connectivity index (χ2v) is 3.71. The number of alkyl halides is 6. The third kappa shape index (κ3) is 3.51. The predicted octanol–water partition coefficient (Wildman–Crippen LogP) is 1.16. The van der Waals surface area contributed by atoms with E-state index in [-0.39, 0.29) is 0 Å². The van der Waals surface area contributed by atoms with Crippen molar-refractivity contribution in [3.05, 3.63) is 0 Å². The van der Waals surface area contributed by atoms with Crippen LogP contribution < -0.4 is 0 Å². The van der Waals surface area contributed by atoms with Gasteiger partial charge in [0.1, 0.15) is 0 Å². The Kier molecular flexibility index (Phi) is 4.06. The summed E-state index contributed by atoms with van der Waals surface area (Å²) in [5.74, 6) is -5.76. The van der Waals surface area contributed by atoms with Crippen molar-refractivity contribution < 1.29 is 60.7 Å². The molecule has 0 aliphatic carbocycles. The molecule has 0 saturated heterocycles. The van der Waals surface area contributed by atoms with Crippen LogP contribution in [0.2, 0.25) is 0 Å². The van der Waals surface area contributed by atoms with Crippen LogP contribution in [0.5, 0.6) is 0 Å². The second-order valence-electron chi connectivity index (χ2n) is 2.16. The zero-order chi connectivity index (χ0) is 11.7. The van der Waals surface area contributed by atoms with E-state index in [1.165, 1.54) is 0 Å². The van der Waals surface area contributed by atoms with Gasteiger partial charge in [0.15, 0.2) is 0 Å². The summed E-state index contributed by atoms with van der Waals surface area (Å²) >= 11 is -0.778. The van der Waals surface area contributed by atoms with Gasteiger partial charge in [0.05, 0.1) is 0 Å². The number of hydrogen-bond acceptors (Lipinski definition) is 2. The van der Waals surface area contributed by atoms with Crippen LogP contribution in [-0.2, 0) is 34.3 Å². The standard InChI is InChI=1S/C5HF6O2.Zr/c6-1(2(12)4(7)8)3(13)5(9,10)11;/h1H;. The molecule has 1 unspecified atom stereocenters. The predicted molar refractivity (Wildman–Crippen MR) is 25.9 cm³/mol. The Bertz CT molecular complexity index is 228. The molecule has 0 aromatic rings. The molecule has 0 aliphatic heterocycles. The van der Waals surface area contributed by atoms with Gasteiger partial charge in [-0.25, -0.2) is 0 Å². The summed E-state index contributed by atoms with van der Waals surface area (Å²) in [6, 6.07) is 0. The van der Waals surface area contributed by atoms with Crippen molar-refractivity contribution in [1.82, 2.24) is 0 Å². The topological polar surface area (TPSA) is 34.1 Å². The monoisotopic (exact) mass is 297 g/mol. The van der Waals surface area contributed by atoms with Crippen LogP contribution in [-0.4, -0.2) is 27.5 Å². The van der Waals surface area contributed by atoms with E-state index >= 15 is 0 Å². The number of carbonyl (C=O) groups excluding carboxylic acids is 2. The SMILES string of the molecule is O=C(C(F)C(=O)[C](F)(F)[Zr])C(F)(F)F. The fourth-order valence-corrected chi connectivity index (χ4v) is 0.733. The van der Waals surface area contributed by atoms with E-state index in [1.54, 1.807) is 0 Å². The average molecular weight is 298 g/mol. The van der Waals surface area contributed by atoms with Crippen LogP contribution in [0.25, 0.3) is 0 Å². The molecule has 0 radical (unpaired) electrons. The third-order valence-corrected chi connectivity index (χ3v) is 1.65. The summed E-state index contributed by atoms with van der Waals surface area (Å²) in [4.78, 5) is 20.2. The van der Waals surface area contributed by atoms with Crippen molar-refractivity contribution in [3.8, 4) is 0 Å². The van der Waals surface area contributed by atoms with Gasteiger partial charge in [-0.15, -0.1) is 0 Å². The molecule has 0 bridgehead atoms. The van der Waals surface area contributed by atoms with E-state index in [4.69, 9.17) is 0 Å². The first kappa shape index (κ1) is 13.8. The van der Waals surface area contributed by atoms with E-state index in [9.17, 15) is 35.9 Å². The van der Waals surface area contributed by atoms with Crippen molar-refractivity contribution in [2.24, 2.45) is 0 Å². The molecular weight excluding hydrogens is 297 g/mol. The molecule has 0 fully saturated rings. The van der Waals surface area contributed by atoms with Crippen LogP contribution >= 0.6 is 0 Å². The molecule has 79 valence electrons. The fraction of sp³-hybridized carbons (Fsp3) is 0.600. The molecule has 14 heavy (non-hydrogen) atoms. The van der Waals surface area contributed by atoms with E-state index < -0.39 is 52.3 Å². The summed E-state index contributed by atoms with van der Waals surface area (Å²) in [6.07, 6.45) is -9.47. The minimum absolute atomic E-state index is 0.778. The van der Waals surface area contributed by atoms with Crippen LogP contribution in [0.1, 0.15) is 0 Å². The molecular formula is C5HF6O2Zr. The molecule has 9 heteroatoms. The molecule has 0 N–H and O–H groups in total. The number of rotatable bonds is 3. The Labute approximate surface area is 88.5 Å². The maximum atomic E-state index is 12.3. The van der Waals surface area contributed by atoms with Crippen molar-refractivity contribution >= 4 is 11.6 Å². The van der Waals surface area contributed by atoms with Gasteiger partial charge in [-0.05, 0) is 0 Å². The van der Waals surface area contributed by atoms with Crippen LogP contribution in [0.15, 0.2) is 0 Å². The van der Waals surface area contributed by atoms with E-state index in [1.807, 2.05) is 0 Å². The molecule has 0 aliphatic rings. The Balaban J connectivity index is 4.74. The van der Waals surface area contributed by atoms with Crippen LogP contribution in [0.4, 0.5) is 26.3 Å². The third-order valence-electron chi connectivity index (χ3n) is 1.05. The van der Waals surface area contributed by atoms with E-state index in [0.29, 0.717) is 0 Å². The fourth-order valence-electron chi connectivity index (χ4n) is 0.422. The Morgan fingerprint density at radius 2 is 1.36 bits per heavy atom. The first-order chi connectivity index (χ1) is 5.98. The number of halogens is 6. The number of carbonyl (C=O) groups is 2. The minimum atomic E-state index is -5.63. The quantitative estimate of drug-likeness (QED) is 0.579. The number of ketones is 2. The van der Waals surface area contributed by atoms with E-state index in [0.717, 1.165) is 0 Å². The van der Waals surface area contributed by atoms with Gasteiger partial charge < -0.3 is 0 Å². The molecule has 0 rings (SSSR count). The average Bonchev–Trinajstić information content (AvgIpc) is 1.97. The van der Waals surface area contributed by atoms with Gasteiger partial charge >= 0.3 is 88.2 Å². The second kappa shape index (κ2) is 4.12. The van der Waals surface area contributed by atoms with Crippen molar-refractivity contribution in [1.29, 1.82) is 0 Å². The zero-order valence-corrected chi connectivity index (χ0v) is 8.62. The molecule has 0 aromatic carbocycles. The maximum absolute atomic E-state index is 12.3. The van der Waals surface area contributed by atoms with Crippen LogP contribution in [0, 0.1) is 0 Å². The Hall–Kier alpha value is -0.197. The number of Topliss-reactive ketones (excluding diaryl/α,β-unsaturated/α-hetero) is 2. The summed E-state index contributed by atoms with van der Waals surface area (Å²) < 4.78 is 66.6. The molecule has 0 aromatic heterocycles. The number of hydrogen-bond donors (Lipinski definition) is 0. The summed E-state index contributed by atoms with van der Waals surface area (Å²) in [5, 5.41) is 0. The normalized spacial score (nSPS) is 14.9. The summed E-state index contributed by atoms with van der Waals surface area (Å²) in [7, 11) is 0.